The number of aryl methyl sites for hydroxylation is 1. The van der Waals surface area contributed by atoms with E-state index in [4.69, 9.17) is 10.5 Å². The minimum atomic E-state index is -3.40. The van der Waals surface area contributed by atoms with Gasteiger partial charge in [0.2, 0.25) is 0 Å². The fourth-order valence-electron chi connectivity index (χ4n) is 2.44. The molecule has 19 heavy (non-hydrogen) atoms. The first-order valence-electron chi connectivity index (χ1n) is 6.46. The summed E-state index contributed by atoms with van der Waals surface area (Å²) in [7, 11) is -3.40. The van der Waals surface area contributed by atoms with Crippen LogP contribution in [0.2, 0.25) is 0 Å². The summed E-state index contributed by atoms with van der Waals surface area (Å²) in [4.78, 5) is 0.223. The van der Waals surface area contributed by atoms with Crippen molar-refractivity contribution in [2.45, 2.75) is 50.2 Å². The van der Waals surface area contributed by atoms with Crippen molar-refractivity contribution in [3.63, 3.8) is 0 Å². The molecule has 5 heteroatoms. The van der Waals surface area contributed by atoms with Crippen molar-refractivity contribution >= 4 is 15.5 Å². The van der Waals surface area contributed by atoms with Crippen molar-refractivity contribution in [3.8, 4) is 0 Å². The van der Waals surface area contributed by atoms with E-state index in [1.807, 2.05) is 26.8 Å². The minimum Gasteiger partial charge on any atom is -0.398 e. The Morgan fingerprint density at radius 1 is 1.42 bits per heavy atom. The molecule has 0 aromatic heterocycles. The van der Waals surface area contributed by atoms with Crippen LogP contribution >= 0.6 is 0 Å². The van der Waals surface area contributed by atoms with Gasteiger partial charge in [-0.3, -0.25) is 0 Å². The zero-order valence-corrected chi connectivity index (χ0v) is 12.5. The van der Waals surface area contributed by atoms with Crippen LogP contribution in [0.1, 0.15) is 32.3 Å². The van der Waals surface area contributed by atoms with E-state index in [0.717, 1.165) is 18.4 Å². The Bertz CT molecular complexity index is 578. The smallest absolute Gasteiger partial charge is 0.182 e. The maximum atomic E-state index is 12.4. The number of ether oxygens (including phenoxy) is 1. The van der Waals surface area contributed by atoms with Crippen molar-refractivity contribution in [3.05, 3.63) is 23.8 Å². The van der Waals surface area contributed by atoms with Crippen LogP contribution in [0.4, 0.5) is 5.69 Å². The number of rotatable bonds is 3. The zero-order valence-electron chi connectivity index (χ0n) is 11.6. The van der Waals surface area contributed by atoms with Gasteiger partial charge in [0, 0.05) is 0 Å². The predicted octanol–water partition coefficient (Wildman–Crippen LogP) is 2.31. The average molecular weight is 283 g/mol. The number of hydrogen-bond donors (Lipinski definition) is 1. The van der Waals surface area contributed by atoms with Gasteiger partial charge in [-0.25, -0.2) is 8.42 Å². The van der Waals surface area contributed by atoms with Crippen molar-refractivity contribution < 1.29 is 13.2 Å². The molecule has 1 aromatic rings. The summed E-state index contributed by atoms with van der Waals surface area (Å²) in [5, 5.41) is 0. The van der Waals surface area contributed by atoms with Crippen molar-refractivity contribution in [2.75, 3.05) is 11.5 Å². The van der Waals surface area contributed by atoms with Gasteiger partial charge in [0.05, 0.1) is 28.0 Å². The van der Waals surface area contributed by atoms with Gasteiger partial charge in [0.1, 0.15) is 0 Å². The second-order valence-corrected chi connectivity index (χ2v) is 7.86. The van der Waals surface area contributed by atoms with Gasteiger partial charge in [-0.1, -0.05) is 6.07 Å². The standard InChI is InChI=1S/C14H21NO3S/c1-10-4-5-12(15)13(8-10)19(16,17)9-11-6-7-14(2,3)18-11/h4-5,8,11H,6-7,9,15H2,1-3H3. The van der Waals surface area contributed by atoms with E-state index < -0.39 is 9.84 Å². The van der Waals surface area contributed by atoms with E-state index >= 15 is 0 Å². The third-order valence-corrected chi connectivity index (χ3v) is 5.30. The molecular formula is C14H21NO3S. The van der Waals surface area contributed by atoms with Crippen LogP contribution < -0.4 is 5.73 Å². The highest BCUT2D eigenvalue weighted by molar-refractivity contribution is 7.91. The summed E-state index contributed by atoms with van der Waals surface area (Å²) in [5.41, 5.74) is 6.76. The van der Waals surface area contributed by atoms with Gasteiger partial charge in [-0.2, -0.15) is 0 Å². The van der Waals surface area contributed by atoms with Gasteiger partial charge < -0.3 is 10.5 Å². The van der Waals surface area contributed by atoms with Crippen molar-refractivity contribution in [1.82, 2.24) is 0 Å². The molecule has 1 atom stereocenters. The molecular weight excluding hydrogens is 262 g/mol. The molecule has 1 aromatic carbocycles. The molecule has 0 radical (unpaired) electrons. The molecule has 4 nitrogen and oxygen atoms in total. The van der Waals surface area contributed by atoms with Crippen LogP contribution in [-0.4, -0.2) is 25.9 Å². The summed E-state index contributed by atoms with van der Waals surface area (Å²) in [6.45, 7) is 5.83. The van der Waals surface area contributed by atoms with Gasteiger partial charge in [-0.15, -0.1) is 0 Å². The Labute approximate surface area is 114 Å². The Morgan fingerprint density at radius 3 is 2.68 bits per heavy atom. The maximum absolute atomic E-state index is 12.4. The first kappa shape index (κ1) is 14.3. The summed E-state index contributed by atoms with van der Waals surface area (Å²) in [6.07, 6.45) is 1.42. The Kier molecular flexibility index (Phi) is 3.62. The highest BCUT2D eigenvalue weighted by atomic mass is 32.2. The molecule has 2 rings (SSSR count). The number of sulfone groups is 1. The molecule has 106 valence electrons. The zero-order chi connectivity index (χ0) is 14.3. The molecule has 0 spiro atoms. The van der Waals surface area contributed by atoms with E-state index in [1.54, 1.807) is 12.1 Å². The molecule has 0 amide bonds. The van der Waals surface area contributed by atoms with Gasteiger partial charge in [0.25, 0.3) is 0 Å². The Hall–Kier alpha value is -1.07. The minimum absolute atomic E-state index is 0.00405. The van der Waals surface area contributed by atoms with Crippen LogP contribution in [0.5, 0.6) is 0 Å². The molecule has 1 saturated heterocycles. The van der Waals surface area contributed by atoms with Crippen molar-refractivity contribution in [2.24, 2.45) is 0 Å². The normalized spacial score (nSPS) is 22.6. The lowest BCUT2D eigenvalue weighted by atomic mass is 10.1. The fraction of sp³-hybridized carbons (Fsp3) is 0.571. The lowest BCUT2D eigenvalue weighted by molar-refractivity contribution is -0.00527. The average Bonchev–Trinajstić information content (AvgIpc) is 2.60. The summed E-state index contributed by atoms with van der Waals surface area (Å²) >= 11 is 0. The number of hydrogen-bond acceptors (Lipinski definition) is 4. The quantitative estimate of drug-likeness (QED) is 0.864. The Balaban J connectivity index is 2.22. The van der Waals surface area contributed by atoms with E-state index in [-0.39, 0.29) is 22.4 Å². The second kappa shape index (κ2) is 4.80. The molecule has 1 unspecified atom stereocenters. The fourth-order valence-corrected chi connectivity index (χ4v) is 4.14. The lowest BCUT2D eigenvalue weighted by Crippen LogP contribution is -2.25. The first-order chi connectivity index (χ1) is 8.70. The Morgan fingerprint density at radius 2 is 2.11 bits per heavy atom. The van der Waals surface area contributed by atoms with Crippen LogP contribution in [-0.2, 0) is 14.6 Å². The predicted molar refractivity (Wildman–Crippen MR) is 75.8 cm³/mol. The van der Waals surface area contributed by atoms with E-state index in [0.29, 0.717) is 5.69 Å². The van der Waals surface area contributed by atoms with Gasteiger partial charge in [0.15, 0.2) is 9.84 Å². The summed E-state index contributed by atoms with van der Waals surface area (Å²) < 4.78 is 30.6. The second-order valence-electron chi connectivity index (χ2n) is 5.86. The largest absolute Gasteiger partial charge is 0.398 e. The van der Waals surface area contributed by atoms with E-state index in [2.05, 4.69) is 0 Å². The van der Waals surface area contributed by atoms with Gasteiger partial charge >= 0.3 is 0 Å². The van der Waals surface area contributed by atoms with E-state index in [9.17, 15) is 8.42 Å². The first-order valence-corrected chi connectivity index (χ1v) is 8.11. The monoisotopic (exact) mass is 283 g/mol. The number of benzene rings is 1. The molecule has 1 aliphatic heterocycles. The third kappa shape index (κ3) is 3.28. The molecule has 2 N–H and O–H groups in total. The molecule has 1 fully saturated rings. The SMILES string of the molecule is Cc1ccc(N)c(S(=O)(=O)CC2CCC(C)(C)O2)c1. The van der Waals surface area contributed by atoms with Crippen molar-refractivity contribution in [1.29, 1.82) is 0 Å². The van der Waals surface area contributed by atoms with Crippen LogP contribution in [0, 0.1) is 6.92 Å². The summed E-state index contributed by atoms with van der Waals surface area (Å²) in [5.74, 6) is 0.00405. The highest BCUT2D eigenvalue weighted by Crippen LogP contribution is 2.32. The number of nitrogen functional groups attached to an aromatic ring is 1. The summed E-state index contributed by atoms with van der Waals surface area (Å²) in [6, 6.07) is 5.08. The molecule has 0 aliphatic carbocycles. The molecule has 1 aliphatic rings. The number of nitrogens with two attached hydrogens (primary N) is 1. The maximum Gasteiger partial charge on any atom is 0.182 e. The highest BCUT2D eigenvalue weighted by Gasteiger charge is 2.35. The van der Waals surface area contributed by atoms with Crippen LogP contribution in [0.15, 0.2) is 23.1 Å². The molecule has 1 heterocycles. The molecule has 0 saturated carbocycles. The third-order valence-electron chi connectivity index (χ3n) is 3.46. The van der Waals surface area contributed by atoms with Gasteiger partial charge in [-0.05, 0) is 51.3 Å². The van der Waals surface area contributed by atoms with E-state index in [1.165, 1.54) is 0 Å². The topological polar surface area (TPSA) is 69.4 Å². The lowest BCUT2D eigenvalue weighted by Gasteiger charge is -2.19. The van der Waals surface area contributed by atoms with Crippen LogP contribution in [0.3, 0.4) is 0 Å². The number of anilines is 1. The van der Waals surface area contributed by atoms with Crippen LogP contribution in [0.25, 0.3) is 0 Å². The molecule has 0 bridgehead atoms.